The highest BCUT2D eigenvalue weighted by Gasteiger charge is 2.24. The lowest BCUT2D eigenvalue weighted by molar-refractivity contribution is -0.671. The highest BCUT2D eigenvalue weighted by molar-refractivity contribution is 8.08. The summed E-state index contributed by atoms with van der Waals surface area (Å²) < 4.78 is 5.65. The Bertz CT molecular complexity index is 1140. The quantitative estimate of drug-likeness (QED) is 0.634. The van der Waals surface area contributed by atoms with Crippen LogP contribution in [0.15, 0.2) is 58.5 Å². The zero-order chi connectivity index (χ0) is 18.3. The summed E-state index contributed by atoms with van der Waals surface area (Å²) in [6.45, 7) is 2.68. The van der Waals surface area contributed by atoms with Crippen LogP contribution in [0.5, 0.6) is 0 Å². The molecule has 2 aromatic heterocycles. The third-order valence-electron chi connectivity index (χ3n) is 4.45. The predicted octanol–water partition coefficient (Wildman–Crippen LogP) is 1.89. The van der Waals surface area contributed by atoms with Crippen molar-refractivity contribution in [1.29, 1.82) is 0 Å². The lowest BCUT2D eigenvalue weighted by atomic mass is 10.3. The average Bonchev–Trinajstić information content (AvgIpc) is 3.14. The molecule has 1 aliphatic heterocycles. The number of hydrogen-bond acceptors (Lipinski definition) is 4. The number of hydrogen-bond donors (Lipinski definition) is 0. The van der Waals surface area contributed by atoms with Gasteiger partial charge in [-0.15, -0.1) is 11.3 Å². The van der Waals surface area contributed by atoms with Crippen LogP contribution in [0, 0.1) is 0 Å². The standard InChI is InChI=1S/C20H20N3OS2/c1-4-23-17(13-14-9-11-21(2)12-10-14)26-18(19(23)24)20-22(3)15-7-5-6-8-16(15)25-20/h5-13H,4H2,1-3H3/q+1/b20-18+. The lowest BCUT2D eigenvalue weighted by Crippen LogP contribution is -2.33. The van der Waals surface area contributed by atoms with Gasteiger partial charge in [0.15, 0.2) is 12.4 Å². The van der Waals surface area contributed by atoms with E-state index in [-0.39, 0.29) is 5.56 Å². The summed E-state index contributed by atoms with van der Waals surface area (Å²) in [6, 6.07) is 12.4. The van der Waals surface area contributed by atoms with E-state index < -0.39 is 0 Å². The first-order valence-corrected chi connectivity index (χ1v) is 10.1. The topological polar surface area (TPSA) is 29.1 Å². The third-order valence-corrected chi connectivity index (χ3v) is 6.94. The van der Waals surface area contributed by atoms with Gasteiger partial charge in [-0.1, -0.05) is 23.9 Å². The molecule has 4 rings (SSSR count). The molecule has 26 heavy (non-hydrogen) atoms. The molecule has 0 spiro atoms. The van der Waals surface area contributed by atoms with E-state index >= 15 is 0 Å². The summed E-state index contributed by atoms with van der Waals surface area (Å²) in [5.41, 5.74) is 2.34. The van der Waals surface area contributed by atoms with Gasteiger partial charge in [0.2, 0.25) is 0 Å². The van der Waals surface area contributed by atoms with Gasteiger partial charge in [0.1, 0.15) is 16.6 Å². The van der Waals surface area contributed by atoms with Gasteiger partial charge < -0.3 is 4.90 Å². The van der Waals surface area contributed by atoms with Crippen LogP contribution in [-0.4, -0.2) is 11.6 Å². The van der Waals surface area contributed by atoms with E-state index in [0.717, 1.165) is 25.5 Å². The van der Waals surface area contributed by atoms with Crippen molar-refractivity contribution in [2.75, 3.05) is 11.9 Å². The number of anilines is 1. The maximum absolute atomic E-state index is 13.0. The van der Waals surface area contributed by atoms with E-state index in [1.165, 1.54) is 4.90 Å². The number of thioether (sulfide) groups is 1. The van der Waals surface area contributed by atoms with Crippen LogP contribution in [0.1, 0.15) is 12.5 Å². The molecule has 0 aliphatic carbocycles. The second-order valence-corrected chi connectivity index (χ2v) is 8.26. The Morgan fingerprint density at radius 2 is 1.88 bits per heavy atom. The predicted molar refractivity (Wildman–Crippen MR) is 109 cm³/mol. The molecule has 0 unspecified atom stereocenters. The number of fused-ring (bicyclic) bond motifs is 1. The number of para-hydroxylation sites is 1. The van der Waals surface area contributed by atoms with Crippen LogP contribution >= 0.6 is 23.1 Å². The molecule has 4 nitrogen and oxygen atoms in total. The minimum atomic E-state index is 0.0902. The summed E-state index contributed by atoms with van der Waals surface area (Å²) in [5, 5.41) is 1.02. The van der Waals surface area contributed by atoms with Crippen molar-refractivity contribution < 1.29 is 4.57 Å². The molecule has 3 aromatic rings. The fraction of sp³-hybridized carbons (Fsp3) is 0.200. The van der Waals surface area contributed by atoms with E-state index in [0.29, 0.717) is 6.54 Å². The maximum Gasteiger partial charge on any atom is 0.271 e. The summed E-state index contributed by atoms with van der Waals surface area (Å²) in [5.74, 6) is 0. The number of aromatic nitrogens is 2. The highest BCUT2D eigenvalue weighted by atomic mass is 32.2. The molecule has 0 bridgehead atoms. The fourth-order valence-corrected chi connectivity index (χ4v) is 5.50. The molecule has 0 saturated carbocycles. The fourth-order valence-electron chi connectivity index (χ4n) is 3.02. The molecule has 0 fully saturated rings. The molecule has 0 radical (unpaired) electrons. The van der Waals surface area contributed by atoms with Gasteiger partial charge in [0.05, 0.1) is 10.4 Å². The first-order valence-electron chi connectivity index (χ1n) is 8.50. The SMILES string of the molecule is CCn1c(=O)/c(=C2\Sc3ccccc3N2C)s/c1=C\c1cc[n+](C)cc1. The van der Waals surface area contributed by atoms with E-state index in [9.17, 15) is 4.79 Å². The Balaban J connectivity index is 1.92. The molecular formula is C20H20N3OS2+. The summed E-state index contributed by atoms with van der Waals surface area (Å²) >= 11 is 3.24. The normalized spacial score (nSPS) is 16.3. The van der Waals surface area contributed by atoms with Crippen LogP contribution in [0.25, 0.3) is 11.1 Å². The minimum absolute atomic E-state index is 0.0902. The van der Waals surface area contributed by atoms with Crippen molar-refractivity contribution in [3.05, 3.63) is 73.9 Å². The van der Waals surface area contributed by atoms with Gasteiger partial charge in [0.25, 0.3) is 5.56 Å². The number of pyridine rings is 1. The van der Waals surface area contributed by atoms with Crippen LogP contribution in [0.4, 0.5) is 5.69 Å². The lowest BCUT2D eigenvalue weighted by Gasteiger charge is -2.11. The Hall–Kier alpha value is -2.31. The largest absolute Gasteiger partial charge is 0.337 e. The number of benzene rings is 1. The van der Waals surface area contributed by atoms with E-state index in [1.54, 1.807) is 23.1 Å². The van der Waals surface area contributed by atoms with Crippen molar-refractivity contribution in [1.82, 2.24) is 4.57 Å². The molecule has 3 heterocycles. The van der Waals surface area contributed by atoms with E-state index in [1.807, 2.05) is 54.7 Å². The van der Waals surface area contributed by atoms with Crippen LogP contribution in [0.2, 0.25) is 0 Å². The third kappa shape index (κ3) is 2.89. The van der Waals surface area contributed by atoms with Crippen molar-refractivity contribution in [2.45, 2.75) is 18.4 Å². The van der Waals surface area contributed by atoms with Gasteiger partial charge in [0, 0.05) is 30.6 Å². The molecule has 1 aromatic carbocycles. The number of nitrogens with zero attached hydrogens (tertiary/aromatic N) is 3. The van der Waals surface area contributed by atoms with Crippen molar-refractivity contribution in [3.8, 4) is 0 Å². The number of aryl methyl sites for hydroxylation is 1. The minimum Gasteiger partial charge on any atom is -0.337 e. The molecule has 0 N–H and O–H groups in total. The average molecular weight is 383 g/mol. The Kier molecular flexibility index (Phi) is 4.46. The second kappa shape index (κ2) is 6.78. The van der Waals surface area contributed by atoms with E-state index in [4.69, 9.17) is 0 Å². The summed E-state index contributed by atoms with van der Waals surface area (Å²) in [7, 11) is 4.03. The van der Waals surface area contributed by atoms with Gasteiger partial charge in [-0.3, -0.25) is 9.36 Å². The first kappa shape index (κ1) is 17.1. The number of thiazole rings is 1. The van der Waals surface area contributed by atoms with Gasteiger partial charge >= 0.3 is 0 Å². The van der Waals surface area contributed by atoms with Crippen molar-refractivity contribution >= 4 is 39.9 Å². The highest BCUT2D eigenvalue weighted by Crippen LogP contribution is 2.44. The van der Waals surface area contributed by atoms with Crippen molar-refractivity contribution in [2.24, 2.45) is 7.05 Å². The Morgan fingerprint density at radius 1 is 1.15 bits per heavy atom. The molecule has 1 aliphatic rings. The maximum atomic E-state index is 13.0. The summed E-state index contributed by atoms with van der Waals surface area (Å²) in [4.78, 5) is 16.4. The monoisotopic (exact) mass is 382 g/mol. The molecular weight excluding hydrogens is 362 g/mol. The van der Waals surface area contributed by atoms with Crippen LogP contribution in [-0.2, 0) is 13.6 Å². The zero-order valence-electron chi connectivity index (χ0n) is 15.0. The van der Waals surface area contributed by atoms with Gasteiger partial charge in [-0.05, 0) is 30.7 Å². The Morgan fingerprint density at radius 3 is 2.58 bits per heavy atom. The smallest absolute Gasteiger partial charge is 0.271 e. The van der Waals surface area contributed by atoms with Crippen molar-refractivity contribution in [3.63, 3.8) is 0 Å². The Labute approximate surface area is 160 Å². The second-order valence-electron chi connectivity index (χ2n) is 6.19. The first-order chi connectivity index (χ1) is 12.6. The van der Waals surface area contributed by atoms with Gasteiger partial charge in [-0.2, -0.15) is 0 Å². The van der Waals surface area contributed by atoms with Crippen LogP contribution in [0.3, 0.4) is 0 Å². The van der Waals surface area contributed by atoms with E-state index in [2.05, 4.69) is 35.2 Å². The van der Waals surface area contributed by atoms with Gasteiger partial charge in [-0.25, -0.2) is 4.57 Å². The molecule has 132 valence electrons. The zero-order valence-corrected chi connectivity index (χ0v) is 16.6. The number of rotatable bonds is 2. The molecule has 0 amide bonds. The molecule has 0 atom stereocenters. The molecule has 6 heteroatoms. The van der Waals surface area contributed by atoms with Crippen LogP contribution < -0.4 is 24.2 Å². The summed E-state index contributed by atoms with van der Waals surface area (Å²) in [6.07, 6.45) is 6.12. The molecule has 0 saturated heterocycles.